The summed E-state index contributed by atoms with van der Waals surface area (Å²) in [4.78, 5) is 0. The third-order valence-electron chi connectivity index (χ3n) is 3.20. The normalized spacial score (nSPS) is 13.9. The fourth-order valence-corrected chi connectivity index (χ4v) is 4.35. The zero-order valence-corrected chi connectivity index (χ0v) is 15.9. The van der Waals surface area contributed by atoms with Gasteiger partial charge in [-0.2, -0.15) is 0 Å². The van der Waals surface area contributed by atoms with Crippen LogP contribution in [0.2, 0.25) is 0 Å². The van der Waals surface area contributed by atoms with Gasteiger partial charge in [0.25, 0.3) is 0 Å². The van der Waals surface area contributed by atoms with E-state index in [0.717, 1.165) is 12.3 Å². The van der Waals surface area contributed by atoms with Crippen LogP contribution in [-0.2, 0) is 17.7 Å². The highest BCUT2D eigenvalue weighted by Gasteiger charge is 2.46. The molecule has 0 aromatic heterocycles. The van der Waals surface area contributed by atoms with Gasteiger partial charge in [-0.15, -0.1) is 0 Å². The Labute approximate surface area is 133 Å². The molecule has 0 saturated heterocycles. The van der Waals surface area contributed by atoms with Crippen LogP contribution >= 0.6 is 0 Å². The van der Waals surface area contributed by atoms with E-state index in [4.69, 9.17) is 17.7 Å². The quantitative estimate of drug-likeness (QED) is 0.348. The maximum absolute atomic E-state index is 6.06. The number of hydrogen-bond acceptors (Lipinski definition) is 4. The first-order valence-electron chi connectivity index (χ1n) is 8.59. The molecule has 0 fully saturated rings. The lowest BCUT2D eigenvalue weighted by Crippen LogP contribution is -2.51. The molecule has 1 atom stereocenters. The summed E-state index contributed by atoms with van der Waals surface area (Å²) < 4.78 is 23.2. The lowest BCUT2D eigenvalue weighted by atomic mass is 10.0. The maximum Gasteiger partial charge on any atom is 0.679 e. The van der Waals surface area contributed by atoms with Gasteiger partial charge in [0.05, 0.1) is 0 Å². The van der Waals surface area contributed by atoms with Crippen LogP contribution in [0.5, 0.6) is 0 Å². The first-order chi connectivity index (χ1) is 9.99. The molecule has 128 valence electrons. The molecular formula is C16H36O4Si. The van der Waals surface area contributed by atoms with Crippen LogP contribution in [0, 0.1) is 5.92 Å². The van der Waals surface area contributed by atoms with Gasteiger partial charge in [0.2, 0.25) is 0 Å². The molecule has 0 aromatic rings. The predicted octanol–water partition coefficient (Wildman–Crippen LogP) is 4.54. The van der Waals surface area contributed by atoms with Gasteiger partial charge in [-0.1, -0.05) is 39.5 Å². The topological polar surface area (TPSA) is 36.9 Å². The van der Waals surface area contributed by atoms with Gasteiger partial charge in [0.15, 0.2) is 0 Å². The predicted molar refractivity (Wildman–Crippen MR) is 89.1 cm³/mol. The van der Waals surface area contributed by atoms with Crippen molar-refractivity contribution in [3.63, 3.8) is 0 Å². The van der Waals surface area contributed by atoms with E-state index < -0.39 is 9.05 Å². The van der Waals surface area contributed by atoms with Crippen LogP contribution < -0.4 is 0 Å². The van der Waals surface area contributed by atoms with Crippen molar-refractivity contribution < 1.29 is 17.7 Å². The summed E-state index contributed by atoms with van der Waals surface area (Å²) in [6.07, 6.45) is 6.20. The van der Waals surface area contributed by atoms with E-state index in [1.54, 1.807) is 0 Å². The molecule has 5 heteroatoms. The molecular weight excluding hydrogens is 284 g/mol. The van der Waals surface area contributed by atoms with Crippen molar-refractivity contribution in [3.05, 3.63) is 0 Å². The SMILES string of the molecule is CCO[Si](OCC)(OCC)OC(C)CCCCCC(C)C. The summed E-state index contributed by atoms with van der Waals surface area (Å²) in [6.45, 7) is 14.1. The highest BCUT2D eigenvalue weighted by Crippen LogP contribution is 2.18. The molecule has 0 aliphatic heterocycles. The molecule has 0 rings (SSSR count). The molecule has 0 amide bonds. The van der Waals surface area contributed by atoms with Crippen LogP contribution in [0.3, 0.4) is 0 Å². The van der Waals surface area contributed by atoms with E-state index in [-0.39, 0.29) is 6.10 Å². The smallest absolute Gasteiger partial charge is 0.351 e. The molecule has 1 unspecified atom stereocenters. The maximum atomic E-state index is 6.06. The van der Waals surface area contributed by atoms with Gasteiger partial charge in [-0.25, -0.2) is 0 Å². The average Bonchev–Trinajstić information content (AvgIpc) is 2.38. The second-order valence-corrected chi connectivity index (χ2v) is 7.86. The Morgan fingerprint density at radius 3 is 1.62 bits per heavy atom. The molecule has 0 bridgehead atoms. The minimum absolute atomic E-state index is 0.111. The zero-order valence-electron chi connectivity index (χ0n) is 14.9. The summed E-state index contributed by atoms with van der Waals surface area (Å²) in [5.74, 6) is 0.799. The minimum atomic E-state index is -2.94. The van der Waals surface area contributed by atoms with Crippen molar-refractivity contribution in [2.45, 2.75) is 79.8 Å². The van der Waals surface area contributed by atoms with E-state index in [9.17, 15) is 0 Å². The molecule has 0 heterocycles. The second kappa shape index (κ2) is 12.6. The number of unbranched alkanes of at least 4 members (excludes halogenated alkanes) is 2. The van der Waals surface area contributed by atoms with Crippen LogP contribution in [0.25, 0.3) is 0 Å². The Bertz CT molecular complexity index is 219. The van der Waals surface area contributed by atoms with Gasteiger partial charge in [-0.05, 0) is 40.0 Å². The molecule has 0 radical (unpaired) electrons. The van der Waals surface area contributed by atoms with Gasteiger partial charge >= 0.3 is 9.05 Å². The van der Waals surface area contributed by atoms with Crippen LogP contribution in [0.15, 0.2) is 0 Å². The largest absolute Gasteiger partial charge is 0.679 e. The lowest BCUT2D eigenvalue weighted by Gasteiger charge is -2.29. The van der Waals surface area contributed by atoms with Crippen molar-refractivity contribution >= 4 is 9.05 Å². The lowest BCUT2D eigenvalue weighted by molar-refractivity contribution is -0.0481. The number of hydrogen-bond donors (Lipinski definition) is 0. The fraction of sp³-hybridized carbons (Fsp3) is 1.00. The average molecular weight is 321 g/mol. The molecule has 4 nitrogen and oxygen atoms in total. The Hall–Kier alpha value is 0.0569. The Kier molecular flexibility index (Phi) is 12.6. The van der Waals surface area contributed by atoms with Crippen molar-refractivity contribution in [1.29, 1.82) is 0 Å². The van der Waals surface area contributed by atoms with Crippen molar-refractivity contribution in [1.82, 2.24) is 0 Å². The highest BCUT2D eigenvalue weighted by molar-refractivity contribution is 6.53. The summed E-state index contributed by atoms with van der Waals surface area (Å²) in [6, 6.07) is 0. The Morgan fingerprint density at radius 1 is 0.714 bits per heavy atom. The Balaban J connectivity index is 4.16. The molecule has 0 spiro atoms. The monoisotopic (exact) mass is 320 g/mol. The van der Waals surface area contributed by atoms with Crippen LogP contribution in [0.1, 0.15) is 73.6 Å². The summed E-state index contributed by atoms with van der Waals surface area (Å²) >= 11 is 0. The van der Waals surface area contributed by atoms with Gasteiger partial charge in [0, 0.05) is 25.9 Å². The third-order valence-corrected chi connectivity index (χ3v) is 5.82. The van der Waals surface area contributed by atoms with E-state index in [2.05, 4.69) is 20.8 Å². The van der Waals surface area contributed by atoms with Gasteiger partial charge in [0.1, 0.15) is 0 Å². The van der Waals surface area contributed by atoms with Crippen LogP contribution in [0.4, 0.5) is 0 Å². The minimum Gasteiger partial charge on any atom is -0.351 e. The summed E-state index contributed by atoms with van der Waals surface area (Å²) in [5.41, 5.74) is 0. The molecule has 0 aromatic carbocycles. The summed E-state index contributed by atoms with van der Waals surface area (Å²) in [5, 5.41) is 0. The van der Waals surface area contributed by atoms with E-state index >= 15 is 0 Å². The van der Waals surface area contributed by atoms with Crippen molar-refractivity contribution in [2.75, 3.05) is 19.8 Å². The highest BCUT2D eigenvalue weighted by atomic mass is 28.4. The molecule has 0 N–H and O–H groups in total. The van der Waals surface area contributed by atoms with Crippen molar-refractivity contribution in [3.8, 4) is 0 Å². The van der Waals surface area contributed by atoms with E-state index in [1.807, 2.05) is 20.8 Å². The standard InChI is InChI=1S/C16H36O4Si/c1-7-17-21(18-8-2,19-9-3)20-16(6)14-12-10-11-13-15(4)5/h15-16H,7-14H2,1-6H3. The second-order valence-electron chi connectivity index (χ2n) is 5.76. The van der Waals surface area contributed by atoms with Crippen LogP contribution in [-0.4, -0.2) is 35.0 Å². The molecule has 0 saturated carbocycles. The first-order valence-corrected chi connectivity index (χ1v) is 10.2. The number of rotatable bonds is 14. The molecule has 0 aliphatic rings. The molecule has 0 aliphatic carbocycles. The van der Waals surface area contributed by atoms with Gasteiger partial charge < -0.3 is 17.7 Å². The van der Waals surface area contributed by atoms with E-state index in [1.165, 1.54) is 25.7 Å². The van der Waals surface area contributed by atoms with Gasteiger partial charge in [-0.3, -0.25) is 0 Å². The Morgan fingerprint density at radius 2 is 1.19 bits per heavy atom. The van der Waals surface area contributed by atoms with Crippen molar-refractivity contribution in [2.24, 2.45) is 5.92 Å². The molecule has 21 heavy (non-hydrogen) atoms. The third kappa shape index (κ3) is 10.4. The zero-order chi connectivity index (χ0) is 16.1. The summed E-state index contributed by atoms with van der Waals surface area (Å²) in [7, 11) is -2.94. The van der Waals surface area contributed by atoms with E-state index in [0.29, 0.717) is 19.8 Å². The fourth-order valence-electron chi connectivity index (χ4n) is 2.22. The first kappa shape index (κ1) is 21.1.